The summed E-state index contributed by atoms with van der Waals surface area (Å²) in [5.74, 6) is -0.0829. The van der Waals surface area contributed by atoms with Crippen LogP contribution in [0.3, 0.4) is 0 Å². The van der Waals surface area contributed by atoms with E-state index in [4.69, 9.17) is 15.9 Å². The molecule has 0 spiro atoms. The van der Waals surface area contributed by atoms with E-state index in [0.29, 0.717) is 12.0 Å². The Morgan fingerprint density at radius 1 is 1.29 bits per heavy atom. The predicted molar refractivity (Wildman–Crippen MR) is 54.5 cm³/mol. The van der Waals surface area contributed by atoms with Gasteiger partial charge in [-0.2, -0.15) is 5.26 Å². The van der Waals surface area contributed by atoms with Gasteiger partial charge in [0.15, 0.2) is 0 Å². The molecule has 0 radical (unpaired) electrons. The molecule has 0 amide bonds. The molecule has 0 unspecified atom stereocenters. The molecule has 0 aliphatic rings. The summed E-state index contributed by atoms with van der Waals surface area (Å²) in [7, 11) is 1.63. The van der Waals surface area contributed by atoms with Crippen molar-refractivity contribution in [3.63, 3.8) is 0 Å². The Labute approximate surface area is 87.4 Å². The van der Waals surface area contributed by atoms with Crippen LogP contribution >= 0.6 is 10.7 Å². The number of aryl methyl sites for hydroxylation is 1. The Morgan fingerprint density at radius 3 is 2.29 bits per heavy atom. The van der Waals surface area contributed by atoms with E-state index in [2.05, 4.69) is 0 Å². The van der Waals surface area contributed by atoms with Crippen LogP contribution in [-0.4, -0.2) is 14.2 Å². The quantitative estimate of drug-likeness (QED) is 0.741. The van der Waals surface area contributed by atoms with Gasteiger partial charge in [-0.25, -0.2) is 8.42 Å². The highest BCUT2D eigenvalue weighted by Crippen LogP contribution is 2.07. The van der Waals surface area contributed by atoms with Gasteiger partial charge < -0.3 is 0 Å². The SMILES string of the molecule is N#Cc1ccc(CCS(=O)(=O)Cl)cc1. The Hall–Kier alpha value is -1.05. The molecule has 0 N–H and O–H groups in total. The first-order chi connectivity index (χ1) is 6.51. The van der Waals surface area contributed by atoms with E-state index in [9.17, 15) is 8.42 Å². The Kier molecular flexibility index (Phi) is 3.50. The van der Waals surface area contributed by atoms with Gasteiger partial charge in [0.05, 0.1) is 17.4 Å². The molecule has 0 fully saturated rings. The summed E-state index contributed by atoms with van der Waals surface area (Å²) in [4.78, 5) is 0. The van der Waals surface area contributed by atoms with Crippen molar-refractivity contribution in [3.05, 3.63) is 35.4 Å². The van der Waals surface area contributed by atoms with Gasteiger partial charge >= 0.3 is 0 Å². The summed E-state index contributed by atoms with van der Waals surface area (Å²) in [5.41, 5.74) is 1.41. The van der Waals surface area contributed by atoms with Crippen molar-refractivity contribution in [1.29, 1.82) is 5.26 Å². The zero-order valence-corrected chi connectivity index (χ0v) is 8.85. The van der Waals surface area contributed by atoms with E-state index in [1.54, 1.807) is 24.3 Å². The number of nitriles is 1. The van der Waals surface area contributed by atoms with Crippen LogP contribution in [0.4, 0.5) is 0 Å². The van der Waals surface area contributed by atoms with Crippen molar-refractivity contribution in [2.75, 3.05) is 5.75 Å². The molecule has 1 rings (SSSR count). The van der Waals surface area contributed by atoms with Crippen LogP contribution in [0.25, 0.3) is 0 Å². The van der Waals surface area contributed by atoms with Crippen molar-refractivity contribution in [1.82, 2.24) is 0 Å². The molecular formula is C9H8ClNO2S. The molecule has 1 aromatic rings. The van der Waals surface area contributed by atoms with Crippen LogP contribution < -0.4 is 0 Å². The molecule has 0 aromatic heterocycles. The van der Waals surface area contributed by atoms with Gasteiger partial charge in [-0.1, -0.05) is 12.1 Å². The first-order valence-corrected chi connectivity index (χ1v) is 6.40. The zero-order valence-electron chi connectivity index (χ0n) is 7.27. The summed E-state index contributed by atoms with van der Waals surface area (Å²) in [6.07, 6.45) is 0.373. The van der Waals surface area contributed by atoms with Crippen molar-refractivity contribution >= 4 is 19.7 Å². The normalized spacial score (nSPS) is 10.9. The topological polar surface area (TPSA) is 57.9 Å². The van der Waals surface area contributed by atoms with Crippen LogP contribution in [0.2, 0.25) is 0 Å². The van der Waals surface area contributed by atoms with Crippen molar-refractivity contribution in [2.45, 2.75) is 6.42 Å². The van der Waals surface area contributed by atoms with Crippen LogP contribution in [-0.2, 0) is 15.5 Å². The molecule has 0 heterocycles. The lowest BCUT2D eigenvalue weighted by Gasteiger charge is -1.98. The van der Waals surface area contributed by atoms with E-state index in [1.807, 2.05) is 6.07 Å². The molecule has 14 heavy (non-hydrogen) atoms. The van der Waals surface area contributed by atoms with Gasteiger partial charge in [0.2, 0.25) is 9.05 Å². The molecule has 3 nitrogen and oxygen atoms in total. The number of hydrogen-bond donors (Lipinski definition) is 0. The first kappa shape index (κ1) is 11.0. The average molecular weight is 230 g/mol. The lowest BCUT2D eigenvalue weighted by atomic mass is 10.1. The van der Waals surface area contributed by atoms with Gasteiger partial charge in [0.25, 0.3) is 0 Å². The van der Waals surface area contributed by atoms with Gasteiger partial charge in [0, 0.05) is 10.7 Å². The van der Waals surface area contributed by atoms with Gasteiger partial charge in [-0.05, 0) is 24.1 Å². The zero-order chi connectivity index (χ0) is 10.6. The van der Waals surface area contributed by atoms with Crippen LogP contribution in [0.15, 0.2) is 24.3 Å². The number of halogens is 1. The summed E-state index contributed by atoms with van der Waals surface area (Å²) >= 11 is 0. The van der Waals surface area contributed by atoms with Crippen LogP contribution in [0.1, 0.15) is 11.1 Å². The number of benzene rings is 1. The molecule has 0 bridgehead atoms. The second kappa shape index (κ2) is 4.45. The van der Waals surface area contributed by atoms with Crippen molar-refractivity contribution < 1.29 is 8.42 Å². The third kappa shape index (κ3) is 3.77. The van der Waals surface area contributed by atoms with E-state index in [1.165, 1.54) is 0 Å². The minimum absolute atomic E-state index is 0.0829. The fourth-order valence-electron chi connectivity index (χ4n) is 0.986. The minimum atomic E-state index is -3.43. The summed E-state index contributed by atoms with van der Waals surface area (Å²) in [5, 5.41) is 8.52. The molecular weight excluding hydrogens is 222 g/mol. The molecule has 1 aromatic carbocycles. The minimum Gasteiger partial charge on any atom is -0.212 e. The van der Waals surface area contributed by atoms with Crippen LogP contribution in [0.5, 0.6) is 0 Å². The highest BCUT2D eigenvalue weighted by Gasteiger charge is 2.05. The maximum absolute atomic E-state index is 10.6. The third-order valence-corrected chi connectivity index (χ3v) is 2.87. The highest BCUT2D eigenvalue weighted by atomic mass is 35.7. The lowest BCUT2D eigenvalue weighted by molar-refractivity contribution is 0.609. The molecule has 0 aliphatic carbocycles. The van der Waals surface area contributed by atoms with E-state index in [-0.39, 0.29) is 5.75 Å². The first-order valence-electron chi connectivity index (χ1n) is 3.92. The van der Waals surface area contributed by atoms with E-state index >= 15 is 0 Å². The molecule has 0 saturated heterocycles. The van der Waals surface area contributed by atoms with Crippen molar-refractivity contribution in [3.8, 4) is 6.07 Å². The largest absolute Gasteiger partial charge is 0.232 e. The standard InChI is InChI=1S/C9H8ClNO2S/c10-14(12,13)6-5-8-1-3-9(7-11)4-2-8/h1-4H,5-6H2. The fourth-order valence-corrected chi connectivity index (χ4v) is 1.70. The Balaban J connectivity index is 2.67. The Morgan fingerprint density at radius 2 is 1.86 bits per heavy atom. The third-order valence-electron chi connectivity index (χ3n) is 1.72. The molecule has 0 saturated carbocycles. The smallest absolute Gasteiger partial charge is 0.212 e. The summed E-state index contributed by atoms with van der Waals surface area (Å²) in [6.45, 7) is 0. The second-order valence-electron chi connectivity index (χ2n) is 2.80. The lowest BCUT2D eigenvalue weighted by Crippen LogP contribution is -2.00. The summed E-state index contributed by atoms with van der Waals surface area (Å²) in [6, 6.07) is 8.73. The fraction of sp³-hybridized carbons (Fsp3) is 0.222. The number of rotatable bonds is 3. The average Bonchev–Trinajstić information content (AvgIpc) is 2.14. The van der Waals surface area contributed by atoms with Gasteiger partial charge in [-0.15, -0.1) is 0 Å². The predicted octanol–water partition coefficient (Wildman–Crippen LogP) is 1.67. The molecule has 5 heteroatoms. The molecule has 74 valence electrons. The van der Waals surface area contributed by atoms with Crippen LogP contribution in [0, 0.1) is 11.3 Å². The second-order valence-corrected chi connectivity index (χ2v) is 5.70. The maximum Gasteiger partial charge on any atom is 0.232 e. The van der Waals surface area contributed by atoms with E-state index in [0.717, 1.165) is 5.56 Å². The monoisotopic (exact) mass is 229 g/mol. The Bertz CT molecular complexity index is 445. The number of hydrogen-bond acceptors (Lipinski definition) is 3. The molecule has 0 atom stereocenters. The summed E-state index contributed by atoms with van der Waals surface area (Å²) < 4.78 is 21.3. The molecule has 0 aliphatic heterocycles. The maximum atomic E-state index is 10.6. The van der Waals surface area contributed by atoms with Crippen molar-refractivity contribution in [2.24, 2.45) is 0 Å². The highest BCUT2D eigenvalue weighted by molar-refractivity contribution is 8.13. The van der Waals surface area contributed by atoms with Gasteiger partial charge in [0.1, 0.15) is 0 Å². The van der Waals surface area contributed by atoms with Gasteiger partial charge in [-0.3, -0.25) is 0 Å². The van der Waals surface area contributed by atoms with E-state index < -0.39 is 9.05 Å². The number of nitrogens with zero attached hydrogens (tertiary/aromatic N) is 1.